The number of carbonyl (C=O) groups is 1. The molecule has 0 spiro atoms. The van der Waals surface area contributed by atoms with Crippen LogP contribution >= 0.6 is 0 Å². The molecule has 0 amide bonds. The second-order valence-electron chi connectivity index (χ2n) is 4.74. The minimum absolute atomic E-state index is 0.0174. The van der Waals surface area contributed by atoms with Crippen molar-refractivity contribution < 1.29 is 9.53 Å². The Balaban J connectivity index is 1.91. The summed E-state index contributed by atoms with van der Waals surface area (Å²) in [6, 6.07) is 10.4. The summed E-state index contributed by atoms with van der Waals surface area (Å²) in [6.45, 7) is 2.35. The molecule has 0 radical (unpaired) electrons. The molecule has 1 aromatic rings. The molecule has 96 valence electrons. The fraction of sp³-hybridized carbons (Fsp3) is 0.438. The highest BCUT2D eigenvalue weighted by Gasteiger charge is 2.23. The Morgan fingerprint density at radius 1 is 1.28 bits per heavy atom. The zero-order chi connectivity index (χ0) is 12.8. The molecule has 2 nitrogen and oxygen atoms in total. The molecular weight excluding hydrogens is 224 g/mol. The van der Waals surface area contributed by atoms with Crippen LogP contribution in [0.2, 0.25) is 0 Å². The molecule has 18 heavy (non-hydrogen) atoms. The van der Waals surface area contributed by atoms with Gasteiger partial charge in [0, 0.05) is 0 Å². The molecule has 1 aliphatic carbocycles. The Morgan fingerprint density at radius 2 is 1.94 bits per heavy atom. The topological polar surface area (TPSA) is 26.3 Å². The molecular formula is C16H20O2. The Kier molecular flexibility index (Phi) is 4.57. The van der Waals surface area contributed by atoms with E-state index >= 15 is 0 Å². The van der Waals surface area contributed by atoms with Crippen LogP contribution in [0.5, 0.6) is 0 Å². The van der Waals surface area contributed by atoms with Crippen LogP contribution in [-0.4, -0.2) is 12.6 Å². The van der Waals surface area contributed by atoms with Gasteiger partial charge < -0.3 is 4.74 Å². The highest BCUT2D eigenvalue weighted by atomic mass is 16.5. The highest BCUT2D eigenvalue weighted by molar-refractivity contribution is 5.72. The SMILES string of the molecule is CCOC(=O)C1CCC(=Cc2ccccc2)CC1. The molecule has 2 rings (SSSR count). The monoisotopic (exact) mass is 244 g/mol. The van der Waals surface area contributed by atoms with E-state index in [-0.39, 0.29) is 11.9 Å². The van der Waals surface area contributed by atoms with Crippen molar-refractivity contribution in [3.8, 4) is 0 Å². The maximum Gasteiger partial charge on any atom is 0.308 e. The van der Waals surface area contributed by atoms with E-state index in [1.54, 1.807) is 0 Å². The maximum absolute atomic E-state index is 11.6. The summed E-state index contributed by atoms with van der Waals surface area (Å²) in [5.74, 6) is 0.0918. The summed E-state index contributed by atoms with van der Waals surface area (Å²) in [6.07, 6.45) is 6.13. The molecule has 1 aromatic carbocycles. The number of esters is 1. The van der Waals surface area contributed by atoms with Gasteiger partial charge in [0.1, 0.15) is 0 Å². The van der Waals surface area contributed by atoms with Crippen LogP contribution in [0.15, 0.2) is 35.9 Å². The molecule has 0 unspecified atom stereocenters. The van der Waals surface area contributed by atoms with Gasteiger partial charge in [0.15, 0.2) is 0 Å². The van der Waals surface area contributed by atoms with E-state index in [9.17, 15) is 4.79 Å². The minimum Gasteiger partial charge on any atom is -0.466 e. The van der Waals surface area contributed by atoms with Gasteiger partial charge in [-0.05, 0) is 38.2 Å². The third-order valence-electron chi connectivity index (χ3n) is 3.42. The van der Waals surface area contributed by atoms with Crippen LogP contribution in [0.25, 0.3) is 6.08 Å². The van der Waals surface area contributed by atoms with Gasteiger partial charge in [-0.25, -0.2) is 0 Å². The van der Waals surface area contributed by atoms with E-state index in [0.717, 1.165) is 25.7 Å². The van der Waals surface area contributed by atoms with Gasteiger partial charge in [-0.2, -0.15) is 0 Å². The lowest BCUT2D eigenvalue weighted by Crippen LogP contribution is -2.20. The lowest BCUT2D eigenvalue weighted by Gasteiger charge is -2.22. The van der Waals surface area contributed by atoms with Crippen LogP contribution in [0.3, 0.4) is 0 Å². The number of benzene rings is 1. The summed E-state index contributed by atoms with van der Waals surface area (Å²) in [4.78, 5) is 11.6. The van der Waals surface area contributed by atoms with Gasteiger partial charge in [-0.15, -0.1) is 0 Å². The maximum atomic E-state index is 11.6. The lowest BCUT2D eigenvalue weighted by molar-refractivity contribution is -0.148. The number of hydrogen-bond donors (Lipinski definition) is 0. The van der Waals surface area contributed by atoms with Gasteiger partial charge in [0.05, 0.1) is 12.5 Å². The Hall–Kier alpha value is -1.57. The molecule has 0 bridgehead atoms. The zero-order valence-electron chi connectivity index (χ0n) is 10.9. The fourth-order valence-electron chi connectivity index (χ4n) is 2.41. The second-order valence-corrected chi connectivity index (χ2v) is 4.74. The molecule has 1 fully saturated rings. The molecule has 1 saturated carbocycles. The second kappa shape index (κ2) is 6.39. The first kappa shape index (κ1) is 12.9. The van der Waals surface area contributed by atoms with Gasteiger partial charge in [0.25, 0.3) is 0 Å². The summed E-state index contributed by atoms with van der Waals surface area (Å²) < 4.78 is 5.08. The fourth-order valence-corrected chi connectivity index (χ4v) is 2.41. The predicted molar refractivity (Wildman–Crippen MR) is 73.0 cm³/mol. The number of allylic oxidation sites excluding steroid dienone is 1. The van der Waals surface area contributed by atoms with E-state index in [1.165, 1.54) is 11.1 Å². The summed E-state index contributed by atoms with van der Waals surface area (Å²) in [5, 5.41) is 0. The number of carbonyl (C=O) groups excluding carboxylic acids is 1. The Labute approximate surface area is 109 Å². The van der Waals surface area contributed by atoms with E-state index in [4.69, 9.17) is 4.74 Å². The average molecular weight is 244 g/mol. The molecule has 0 heterocycles. The van der Waals surface area contributed by atoms with Gasteiger partial charge in [-0.3, -0.25) is 4.79 Å². The van der Waals surface area contributed by atoms with Crippen LogP contribution in [-0.2, 0) is 9.53 Å². The van der Waals surface area contributed by atoms with E-state index < -0.39 is 0 Å². The summed E-state index contributed by atoms with van der Waals surface area (Å²) in [5.41, 5.74) is 2.70. The lowest BCUT2D eigenvalue weighted by atomic mass is 9.85. The smallest absolute Gasteiger partial charge is 0.308 e. The molecule has 0 aromatic heterocycles. The van der Waals surface area contributed by atoms with Crippen molar-refractivity contribution in [1.82, 2.24) is 0 Å². The molecule has 0 atom stereocenters. The third-order valence-corrected chi connectivity index (χ3v) is 3.42. The van der Waals surface area contributed by atoms with Crippen LogP contribution in [0.1, 0.15) is 38.2 Å². The molecule has 0 N–H and O–H groups in total. The minimum atomic E-state index is -0.0174. The van der Waals surface area contributed by atoms with E-state index in [1.807, 2.05) is 13.0 Å². The van der Waals surface area contributed by atoms with Crippen molar-refractivity contribution in [2.75, 3.05) is 6.61 Å². The van der Waals surface area contributed by atoms with Crippen molar-refractivity contribution in [3.63, 3.8) is 0 Å². The largest absolute Gasteiger partial charge is 0.466 e. The average Bonchev–Trinajstić information content (AvgIpc) is 2.41. The first-order chi connectivity index (χ1) is 8.79. The quantitative estimate of drug-likeness (QED) is 0.755. The van der Waals surface area contributed by atoms with Crippen molar-refractivity contribution in [3.05, 3.63) is 41.5 Å². The van der Waals surface area contributed by atoms with Crippen LogP contribution < -0.4 is 0 Å². The molecule has 2 heteroatoms. The normalized spacial score (nSPS) is 19.4. The van der Waals surface area contributed by atoms with Crippen molar-refractivity contribution >= 4 is 12.0 Å². The first-order valence-corrected chi connectivity index (χ1v) is 6.70. The molecule has 0 aliphatic heterocycles. The summed E-state index contributed by atoms with van der Waals surface area (Å²) >= 11 is 0. The van der Waals surface area contributed by atoms with Crippen LogP contribution in [0.4, 0.5) is 0 Å². The zero-order valence-corrected chi connectivity index (χ0v) is 10.9. The van der Waals surface area contributed by atoms with Gasteiger partial charge in [0.2, 0.25) is 0 Å². The Bertz CT molecular complexity index is 410. The van der Waals surface area contributed by atoms with Crippen LogP contribution in [0, 0.1) is 5.92 Å². The standard InChI is InChI=1S/C16H20O2/c1-2-18-16(17)15-10-8-14(9-11-15)12-13-6-4-3-5-7-13/h3-7,12,15H,2,8-11H2,1H3. The number of hydrogen-bond acceptors (Lipinski definition) is 2. The molecule has 1 aliphatic rings. The van der Waals surface area contributed by atoms with Crippen molar-refractivity contribution in [1.29, 1.82) is 0 Å². The van der Waals surface area contributed by atoms with Gasteiger partial charge in [-0.1, -0.05) is 42.0 Å². The molecule has 0 saturated heterocycles. The van der Waals surface area contributed by atoms with E-state index in [0.29, 0.717) is 6.61 Å². The van der Waals surface area contributed by atoms with Crippen molar-refractivity contribution in [2.24, 2.45) is 5.92 Å². The number of ether oxygens (including phenoxy) is 1. The van der Waals surface area contributed by atoms with E-state index in [2.05, 4.69) is 30.3 Å². The highest BCUT2D eigenvalue weighted by Crippen LogP contribution is 2.30. The summed E-state index contributed by atoms with van der Waals surface area (Å²) in [7, 11) is 0. The third kappa shape index (κ3) is 3.46. The number of rotatable bonds is 3. The predicted octanol–water partition coefficient (Wildman–Crippen LogP) is 3.82. The van der Waals surface area contributed by atoms with Crippen molar-refractivity contribution in [2.45, 2.75) is 32.6 Å². The first-order valence-electron chi connectivity index (χ1n) is 6.70. The Morgan fingerprint density at radius 3 is 2.56 bits per heavy atom. The van der Waals surface area contributed by atoms with Gasteiger partial charge >= 0.3 is 5.97 Å².